The molecule has 34 heteroatoms. The minimum absolute atomic E-state index is 0.00266. The van der Waals surface area contributed by atoms with Crippen molar-refractivity contribution < 1.29 is 90.7 Å². The number of rotatable bonds is 32. The number of amides is 4. The highest BCUT2D eigenvalue weighted by atomic mass is 32.1. The highest BCUT2D eigenvalue weighted by molar-refractivity contribution is 7.09. The van der Waals surface area contributed by atoms with Crippen molar-refractivity contribution in [3.8, 4) is 44.4 Å². The van der Waals surface area contributed by atoms with Crippen LogP contribution >= 0.6 is 11.5 Å². The number of aryl methyl sites for hydroxylation is 4. The van der Waals surface area contributed by atoms with Crippen LogP contribution in [0.15, 0.2) is 192 Å². The number of nitrogens with zero attached hydrogens (tertiary/aromatic N) is 14. The Bertz CT molecular complexity index is 6040. The van der Waals surface area contributed by atoms with E-state index in [0.717, 1.165) is 55.1 Å². The van der Waals surface area contributed by atoms with Gasteiger partial charge in [0.2, 0.25) is 23.6 Å². The molecule has 732 valence electrons. The summed E-state index contributed by atoms with van der Waals surface area (Å²) in [5, 5.41) is 66.5. The molecular weight excluding hydrogens is 1780 g/mol. The Balaban J connectivity index is 0.000000155. The van der Waals surface area contributed by atoms with Crippen LogP contribution in [0, 0.1) is 44.9 Å². The van der Waals surface area contributed by atoms with Gasteiger partial charge in [-0.3, -0.25) is 38.4 Å². The fourth-order valence-electron chi connectivity index (χ4n) is 19.0. The minimum atomic E-state index is -0.735. The summed E-state index contributed by atoms with van der Waals surface area (Å²) in [4.78, 5) is 131. The van der Waals surface area contributed by atoms with Gasteiger partial charge in [0.15, 0.2) is 59.6 Å². The number of hydrogen-bond donors (Lipinski definition) is 5. The zero-order chi connectivity index (χ0) is 99.2. The lowest BCUT2D eigenvalue weighted by Gasteiger charge is -2.33. The first-order valence-corrected chi connectivity index (χ1v) is 48.0. The van der Waals surface area contributed by atoms with E-state index < -0.39 is 77.8 Å². The predicted molar refractivity (Wildman–Crippen MR) is 511 cm³/mol. The van der Waals surface area contributed by atoms with Crippen LogP contribution in [0.2, 0.25) is 0 Å². The molecule has 16 atom stereocenters. The molecule has 0 radical (unpaired) electrons. The summed E-state index contributed by atoms with van der Waals surface area (Å²) in [6.45, 7) is 31.3. The van der Waals surface area contributed by atoms with Crippen molar-refractivity contribution in [2.75, 3.05) is 26.2 Å². The van der Waals surface area contributed by atoms with Crippen LogP contribution in [-0.4, -0.2) is 216 Å². The molecule has 4 aromatic carbocycles. The Morgan fingerprint density at radius 2 is 0.790 bits per heavy atom. The molecule has 0 unspecified atom stereocenters. The normalized spacial score (nSPS) is 19.9. The van der Waals surface area contributed by atoms with Gasteiger partial charge in [0.25, 0.3) is 0 Å². The van der Waals surface area contributed by atoms with Crippen molar-refractivity contribution in [1.82, 2.24) is 69.2 Å². The first kappa shape index (κ1) is 103. The topological polar surface area (TPSA) is 450 Å². The van der Waals surface area contributed by atoms with E-state index in [0.29, 0.717) is 63.8 Å². The maximum atomic E-state index is 13.7. The van der Waals surface area contributed by atoms with Gasteiger partial charge in [-0.1, -0.05) is 200 Å². The Labute approximate surface area is 806 Å². The van der Waals surface area contributed by atoms with Crippen molar-refractivity contribution in [3.63, 3.8) is 0 Å². The highest BCUT2D eigenvalue weighted by Crippen LogP contribution is 2.42. The summed E-state index contributed by atoms with van der Waals surface area (Å²) in [6, 6.07) is 33.5. The maximum absolute atomic E-state index is 13.7. The molecule has 0 bridgehead atoms. The van der Waals surface area contributed by atoms with Gasteiger partial charge >= 0.3 is 0 Å². The van der Waals surface area contributed by atoms with Crippen molar-refractivity contribution in [2.24, 2.45) is 17.3 Å². The van der Waals surface area contributed by atoms with Gasteiger partial charge in [0.1, 0.15) is 40.9 Å². The third-order valence-corrected chi connectivity index (χ3v) is 27.2. The van der Waals surface area contributed by atoms with Crippen LogP contribution in [-0.2, 0) is 45.0 Å². The first-order chi connectivity index (χ1) is 65.8. The summed E-state index contributed by atoms with van der Waals surface area (Å²) < 4.78 is 37.9. The number of aliphatic hydroxyl groups excluding tert-OH is 5. The van der Waals surface area contributed by atoms with E-state index in [1.54, 1.807) is 71.3 Å². The molecule has 4 aliphatic heterocycles. The van der Waals surface area contributed by atoms with Gasteiger partial charge in [-0.15, -0.1) is 5.10 Å². The second-order valence-corrected chi connectivity index (χ2v) is 39.7. The Morgan fingerprint density at radius 3 is 1.10 bits per heavy atom. The largest absolute Gasteiger partial charge is 0.444 e. The van der Waals surface area contributed by atoms with E-state index in [4.69, 9.17) is 26.8 Å². The molecule has 33 nitrogen and oxygen atoms in total. The highest BCUT2D eigenvalue weighted by Gasteiger charge is 2.49. The van der Waals surface area contributed by atoms with E-state index in [-0.39, 0.29) is 166 Å². The van der Waals surface area contributed by atoms with Gasteiger partial charge in [0.05, 0.1) is 114 Å². The molecule has 0 aliphatic carbocycles. The quantitative estimate of drug-likeness (QED) is 0.0261. The van der Waals surface area contributed by atoms with Crippen LogP contribution in [0.4, 0.5) is 0 Å². The number of benzene rings is 4. The molecular formula is C104H126N14O19S. The molecule has 4 fully saturated rings. The van der Waals surface area contributed by atoms with E-state index in [1.165, 1.54) is 40.5 Å². The monoisotopic (exact) mass is 1910 g/mol. The van der Waals surface area contributed by atoms with Gasteiger partial charge < -0.3 is 76.5 Å². The lowest BCUT2D eigenvalue weighted by molar-refractivity contribution is -0.141. The number of aliphatic hydroxyl groups is 5. The van der Waals surface area contributed by atoms with Crippen molar-refractivity contribution in [3.05, 3.63) is 234 Å². The van der Waals surface area contributed by atoms with Crippen molar-refractivity contribution in [2.45, 2.75) is 271 Å². The second-order valence-electron chi connectivity index (χ2n) is 38.9. The Hall–Kier alpha value is -12.7. The molecule has 0 saturated carbocycles. The Kier molecular flexibility index (Phi) is 34.0. The number of carbonyl (C=O) groups is 8. The molecule has 4 saturated heterocycles. The van der Waals surface area contributed by atoms with Gasteiger partial charge in [-0.25, -0.2) is 19.9 Å². The summed E-state index contributed by atoms with van der Waals surface area (Å²) in [6.07, 6.45) is 12.4. The summed E-state index contributed by atoms with van der Waals surface area (Å²) in [5.41, 5.74) is 10.7. The van der Waals surface area contributed by atoms with Crippen LogP contribution < -0.4 is 0 Å². The third kappa shape index (κ3) is 24.9. The smallest absolute Gasteiger partial charge is 0.246 e. The van der Waals surface area contributed by atoms with Gasteiger partial charge in [-0.05, 0) is 114 Å². The van der Waals surface area contributed by atoms with Crippen molar-refractivity contribution >= 4 is 58.3 Å². The number of hydrogen-bond acceptors (Lipinski definition) is 29. The van der Waals surface area contributed by atoms with Crippen molar-refractivity contribution in [1.29, 1.82) is 0 Å². The van der Waals surface area contributed by atoms with E-state index in [2.05, 4.69) is 45.0 Å². The standard InChI is InChI=1S/C27H33N3O5.C26H33N5O4S.C26H31N3O5.C25H29N3O5/c1-16(18-6-8-19(9-7-18)24-13-28-15-34-24)10-22(32)21-12-20(31)14-30(21)26(33)25(27(3,4)5)23-11-17(2)29-35-23;1-15(2)24(30-11-17(4)27-14-30)26(35)31-12-20(33)10-22(31)23(34)9-16(3)18-5-7-19(8-6-18)25-21(13-32)28-29-36-25;1-15(2)25(23-10-17(4)28-34-23)26(32)29-13-20(30)11-21(29)22(31)9-16(3)18-5-7-19(8-6-18)24-12-27-14-33-24;1-4-20(23-10-16(3)27-33-23)25(31)28-13-19(29)11-21(28)22(30)9-15(2)17-5-7-18(8-6-17)24-12-26-14-32-24/h6-9,11,13,15-16,20-21,25,31H,10,12,14H2,1-5H3;5-8,11,14-16,20,22,24,32-33H,9-10,12-13H2,1-4H3;5-8,10,12,14-16,20-21,25,30H,9,11,13H2,1-4H3;5-8,10,12,14-15,19-21,29H,4,9,11,13H2,1-3H3/t16-,20-,21+,25-;16-,20-,22+,24+;16-,20-,21+,25-;15-,19-,20-,21+/m1111/s1. The molecule has 0 spiro atoms. The lowest BCUT2D eigenvalue weighted by atomic mass is 9.78. The number of likely N-dealkylation sites (tertiary alicyclic amines) is 4. The number of carbonyl (C=O) groups excluding carboxylic acids is 8. The number of imidazole rings is 1. The molecule has 12 heterocycles. The maximum Gasteiger partial charge on any atom is 0.246 e. The number of oxazole rings is 3. The van der Waals surface area contributed by atoms with Gasteiger partial charge in [-0.2, -0.15) is 0 Å². The fourth-order valence-corrected chi connectivity index (χ4v) is 19.7. The zero-order valence-corrected chi connectivity index (χ0v) is 81.8. The molecule has 8 aromatic heterocycles. The van der Waals surface area contributed by atoms with Crippen LogP contribution in [0.5, 0.6) is 0 Å². The Morgan fingerprint density at radius 1 is 0.442 bits per heavy atom. The lowest BCUT2D eigenvalue weighted by Crippen LogP contribution is -2.46. The first-order valence-electron chi connectivity index (χ1n) is 47.2. The van der Waals surface area contributed by atoms with E-state index in [1.807, 2.05) is 200 Å². The number of Topliss-reactive ketones (excluding diaryl/α,β-unsaturated/α-hetero) is 4. The van der Waals surface area contributed by atoms with Crippen LogP contribution in [0.3, 0.4) is 0 Å². The molecule has 5 N–H and O–H groups in total. The second kappa shape index (κ2) is 45.7. The molecule has 4 aliphatic rings. The molecule has 16 rings (SSSR count). The minimum Gasteiger partial charge on any atom is -0.444 e. The number of β-amino-alcohol motifs (C(OH)–C–C–N with tert-alkyl or cyclic N) is 4. The average Bonchev–Trinajstić information content (AvgIpc) is 1.59. The summed E-state index contributed by atoms with van der Waals surface area (Å²) in [5.74, 6) is 0.644. The molecule has 138 heavy (non-hydrogen) atoms. The predicted octanol–water partition coefficient (Wildman–Crippen LogP) is 15.6. The zero-order valence-electron chi connectivity index (χ0n) is 81.0. The molecule has 12 aromatic rings. The number of ketones is 4. The average molecular weight is 1910 g/mol. The molecule has 4 amide bonds. The summed E-state index contributed by atoms with van der Waals surface area (Å²) in [7, 11) is 0. The van der Waals surface area contributed by atoms with Gasteiger partial charge in [0, 0.05) is 119 Å². The van der Waals surface area contributed by atoms with Crippen LogP contribution in [0.1, 0.15) is 256 Å². The van der Waals surface area contributed by atoms with Crippen LogP contribution in [0.25, 0.3) is 44.4 Å². The van der Waals surface area contributed by atoms with E-state index in [9.17, 15) is 63.9 Å². The number of aromatic nitrogens is 10. The third-order valence-electron chi connectivity index (χ3n) is 26.4. The SMILES string of the molecule is CC[C@@H](C(=O)N1C[C@H](O)C[C@H]1C(=O)C[C@@H](C)c1ccc(-c2cnco2)cc1)c1cc(C)no1.Cc1cc([C@H](C(=O)N2C[C@H](O)C[C@H]2C(=O)C[C@@H](C)c2ccc(-c3cnco3)cc2)C(C)(C)C)on1.Cc1cc([C@H](C(=O)N2C[C@H](O)C[C@H]2C(=O)C[C@@H](C)c2ccc(-c3cnco3)cc2)C(C)C)on1.Cc1cn([C@H](C(=O)N2C[C@H](O)C[C@H]2C(=O)C[C@@H](C)c2ccc(-c3snnc3CO)cc2)C(C)C)cn1. The van der Waals surface area contributed by atoms with E-state index >= 15 is 0 Å². The summed E-state index contributed by atoms with van der Waals surface area (Å²) >= 11 is 1.23. The fraction of sp³-hybridized carbons (Fsp3) is 0.471.